The molecular formula is C11H19NO2. The van der Waals surface area contributed by atoms with E-state index < -0.39 is 6.09 Å². The van der Waals surface area contributed by atoms with Crippen LogP contribution in [0, 0.1) is 0 Å². The average Bonchev–Trinajstić information content (AvgIpc) is 2.02. The Labute approximate surface area is 85.6 Å². The van der Waals surface area contributed by atoms with Gasteiger partial charge in [0.25, 0.3) is 0 Å². The first-order valence-electron chi connectivity index (χ1n) is 4.73. The summed E-state index contributed by atoms with van der Waals surface area (Å²) in [6.07, 6.45) is 5.36. The molecule has 14 heavy (non-hydrogen) atoms. The molecule has 0 saturated carbocycles. The van der Waals surface area contributed by atoms with Gasteiger partial charge in [0.05, 0.1) is 0 Å². The van der Waals surface area contributed by atoms with Gasteiger partial charge in [-0.05, 0) is 39.7 Å². The standard InChI is InChI=1S/C11H19NO2/c1-9(2)5-4-6-10(3)7-8-14-11(12)13/h5,7H,4,6,8H2,1-3H3,(H2,12,13)/b10-7-. The third-order valence-corrected chi connectivity index (χ3v) is 1.75. The van der Waals surface area contributed by atoms with Crippen molar-refractivity contribution >= 4 is 6.09 Å². The molecule has 0 saturated heterocycles. The molecule has 0 bridgehead atoms. The fraction of sp³-hybridized carbons (Fsp3) is 0.545. The van der Waals surface area contributed by atoms with Crippen LogP contribution in [0.4, 0.5) is 4.79 Å². The number of carbonyl (C=O) groups is 1. The molecule has 3 heteroatoms. The van der Waals surface area contributed by atoms with Crippen LogP contribution in [-0.2, 0) is 4.74 Å². The number of primary amides is 1. The zero-order valence-corrected chi connectivity index (χ0v) is 9.17. The van der Waals surface area contributed by atoms with Gasteiger partial charge in [-0.15, -0.1) is 0 Å². The second-order valence-corrected chi connectivity index (χ2v) is 3.50. The van der Waals surface area contributed by atoms with Crippen molar-refractivity contribution in [1.29, 1.82) is 0 Å². The molecule has 0 fully saturated rings. The smallest absolute Gasteiger partial charge is 0.404 e. The second-order valence-electron chi connectivity index (χ2n) is 3.50. The van der Waals surface area contributed by atoms with Crippen LogP contribution in [0.1, 0.15) is 33.6 Å². The molecule has 1 amide bonds. The first kappa shape index (κ1) is 12.8. The molecule has 0 rings (SSSR count). The van der Waals surface area contributed by atoms with Gasteiger partial charge in [-0.25, -0.2) is 4.79 Å². The SMILES string of the molecule is CC(C)=CCC/C(C)=C\COC(N)=O. The first-order valence-corrected chi connectivity index (χ1v) is 4.73. The first-order chi connectivity index (χ1) is 6.52. The molecule has 0 atom stereocenters. The summed E-state index contributed by atoms with van der Waals surface area (Å²) in [5, 5.41) is 0. The Morgan fingerprint density at radius 2 is 1.93 bits per heavy atom. The normalized spacial score (nSPS) is 10.9. The minimum Gasteiger partial charge on any atom is -0.445 e. The summed E-state index contributed by atoms with van der Waals surface area (Å²) in [6.45, 7) is 6.45. The van der Waals surface area contributed by atoms with Crippen molar-refractivity contribution in [3.05, 3.63) is 23.3 Å². The number of carbonyl (C=O) groups excluding carboxylic acids is 1. The summed E-state index contributed by atoms with van der Waals surface area (Å²) in [6, 6.07) is 0. The van der Waals surface area contributed by atoms with Crippen molar-refractivity contribution in [2.75, 3.05) is 6.61 Å². The molecule has 0 unspecified atom stereocenters. The summed E-state index contributed by atoms with van der Waals surface area (Å²) in [7, 11) is 0. The summed E-state index contributed by atoms with van der Waals surface area (Å²) in [4.78, 5) is 10.2. The van der Waals surface area contributed by atoms with E-state index in [2.05, 4.69) is 24.7 Å². The second kappa shape index (κ2) is 7.18. The van der Waals surface area contributed by atoms with Crippen LogP contribution in [-0.4, -0.2) is 12.7 Å². The Kier molecular flexibility index (Phi) is 6.54. The van der Waals surface area contributed by atoms with E-state index in [0.717, 1.165) is 12.8 Å². The van der Waals surface area contributed by atoms with Crippen molar-refractivity contribution in [2.24, 2.45) is 5.73 Å². The largest absolute Gasteiger partial charge is 0.445 e. The fourth-order valence-corrected chi connectivity index (χ4v) is 0.957. The molecule has 0 radical (unpaired) electrons. The highest BCUT2D eigenvalue weighted by Gasteiger charge is 1.91. The van der Waals surface area contributed by atoms with Crippen LogP contribution in [0.3, 0.4) is 0 Å². The number of nitrogens with two attached hydrogens (primary N) is 1. The van der Waals surface area contributed by atoms with E-state index in [1.54, 1.807) is 0 Å². The monoisotopic (exact) mass is 197 g/mol. The van der Waals surface area contributed by atoms with Gasteiger partial charge in [0.15, 0.2) is 0 Å². The van der Waals surface area contributed by atoms with E-state index in [1.165, 1.54) is 11.1 Å². The van der Waals surface area contributed by atoms with Gasteiger partial charge in [-0.1, -0.05) is 17.2 Å². The van der Waals surface area contributed by atoms with E-state index >= 15 is 0 Å². The van der Waals surface area contributed by atoms with Gasteiger partial charge in [-0.3, -0.25) is 0 Å². The van der Waals surface area contributed by atoms with Crippen LogP contribution in [0.15, 0.2) is 23.3 Å². The molecule has 0 aromatic rings. The number of rotatable bonds is 5. The lowest BCUT2D eigenvalue weighted by molar-refractivity contribution is 0.169. The van der Waals surface area contributed by atoms with Crippen molar-refractivity contribution in [2.45, 2.75) is 33.6 Å². The molecule has 0 aliphatic carbocycles. The van der Waals surface area contributed by atoms with E-state index in [-0.39, 0.29) is 6.61 Å². The topological polar surface area (TPSA) is 52.3 Å². The Balaban J connectivity index is 3.67. The molecule has 80 valence electrons. The maximum atomic E-state index is 10.2. The average molecular weight is 197 g/mol. The lowest BCUT2D eigenvalue weighted by Crippen LogP contribution is -2.12. The fourth-order valence-electron chi connectivity index (χ4n) is 0.957. The number of amides is 1. The minimum atomic E-state index is -0.724. The molecule has 0 aromatic carbocycles. The quantitative estimate of drug-likeness (QED) is 0.689. The van der Waals surface area contributed by atoms with Gasteiger partial charge in [-0.2, -0.15) is 0 Å². The molecule has 0 aliphatic rings. The molecule has 0 aromatic heterocycles. The molecule has 2 N–H and O–H groups in total. The Hall–Kier alpha value is -1.25. The number of hydrogen-bond acceptors (Lipinski definition) is 2. The molecule has 0 heterocycles. The Morgan fingerprint density at radius 1 is 1.29 bits per heavy atom. The van der Waals surface area contributed by atoms with Gasteiger partial charge < -0.3 is 10.5 Å². The molecule has 0 aliphatic heterocycles. The predicted molar refractivity (Wildman–Crippen MR) is 58.0 cm³/mol. The third kappa shape index (κ3) is 8.84. The van der Waals surface area contributed by atoms with Crippen molar-refractivity contribution in [1.82, 2.24) is 0 Å². The maximum absolute atomic E-state index is 10.2. The Morgan fingerprint density at radius 3 is 2.43 bits per heavy atom. The zero-order valence-electron chi connectivity index (χ0n) is 9.17. The van der Waals surface area contributed by atoms with E-state index in [1.807, 2.05) is 13.0 Å². The van der Waals surface area contributed by atoms with E-state index in [0.29, 0.717) is 0 Å². The summed E-state index contributed by atoms with van der Waals surface area (Å²) < 4.78 is 4.59. The third-order valence-electron chi connectivity index (χ3n) is 1.75. The van der Waals surface area contributed by atoms with Crippen LogP contribution >= 0.6 is 0 Å². The lowest BCUT2D eigenvalue weighted by Gasteiger charge is -1.99. The zero-order chi connectivity index (χ0) is 11.0. The molecule has 3 nitrogen and oxygen atoms in total. The number of ether oxygens (including phenoxy) is 1. The summed E-state index contributed by atoms with van der Waals surface area (Å²) in [5.74, 6) is 0. The van der Waals surface area contributed by atoms with Gasteiger partial charge in [0.2, 0.25) is 0 Å². The Bertz CT molecular complexity index is 238. The summed E-state index contributed by atoms with van der Waals surface area (Å²) >= 11 is 0. The number of hydrogen-bond donors (Lipinski definition) is 1. The van der Waals surface area contributed by atoms with Crippen molar-refractivity contribution in [3.63, 3.8) is 0 Å². The highest BCUT2D eigenvalue weighted by atomic mass is 16.5. The highest BCUT2D eigenvalue weighted by molar-refractivity contribution is 5.64. The van der Waals surface area contributed by atoms with Gasteiger partial charge >= 0.3 is 6.09 Å². The number of allylic oxidation sites excluding steroid dienone is 3. The van der Waals surface area contributed by atoms with Crippen molar-refractivity contribution in [3.8, 4) is 0 Å². The minimum absolute atomic E-state index is 0.274. The lowest BCUT2D eigenvalue weighted by atomic mass is 10.1. The van der Waals surface area contributed by atoms with E-state index in [4.69, 9.17) is 5.73 Å². The van der Waals surface area contributed by atoms with E-state index in [9.17, 15) is 4.79 Å². The predicted octanol–water partition coefficient (Wildman–Crippen LogP) is 2.77. The van der Waals surface area contributed by atoms with Gasteiger partial charge in [0, 0.05) is 0 Å². The summed E-state index contributed by atoms with van der Waals surface area (Å²) in [5.41, 5.74) is 7.36. The highest BCUT2D eigenvalue weighted by Crippen LogP contribution is 2.06. The van der Waals surface area contributed by atoms with Crippen LogP contribution in [0.25, 0.3) is 0 Å². The maximum Gasteiger partial charge on any atom is 0.404 e. The van der Waals surface area contributed by atoms with Crippen molar-refractivity contribution < 1.29 is 9.53 Å². The van der Waals surface area contributed by atoms with Gasteiger partial charge in [0.1, 0.15) is 6.61 Å². The van der Waals surface area contributed by atoms with Crippen LogP contribution in [0.5, 0.6) is 0 Å². The molecular weight excluding hydrogens is 178 g/mol. The van der Waals surface area contributed by atoms with Crippen LogP contribution < -0.4 is 5.73 Å². The van der Waals surface area contributed by atoms with Crippen LogP contribution in [0.2, 0.25) is 0 Å². The molecule has 0 spiro atoms.